The van der Waals surface area contributed by atoms with Crippen molar-refractivity contribution in [3.63, 3.8) is 0 Å². The van der Waals surface area contributed by atoms with Crippen molar-refractivity contribution in [3.8, 4) is 0 Å². The molecule has 0 amide bonds. The van der Waals surface area contributed by atoms with Crippen LogP contribution in [0.4, 0.5) is 0 Å². The molecule has 21 heavy (non-hydrogen) atoms. The number of hydrogen-bond acceptors (Lipinski definition) is 3. The van der Waals surface area contributed by atoms with E-state index in [1.165, 1.54) is 43.4 Å². The second-order valence-electron chi connectivity index (χ2n) is 6.12. The molecule has 1 aliphatic carbocycles. The van der Waals surface area contributed by atoms with E-state index in [-0.39, 0.29) is 6.61 Å². The van der Waals surface area contributed by atoms with Gasteiger partial charge in [0, 0.05) is 25.3 Å². The van der Waals surface area contributed by atoms with Gasteiger partial charge >= 0.3 is 0 Å². The highest BCUT2D eigenvalue weighted by atomic mass is 16.3. The first kappa shape index (κ1) is 14.5. The molecule has 4 heteroatoms. The number of hydrogen-bond donors (Lipinski definition) is 1. The summed E-state index contributed by atoms with van der Waals surface area (Å²) in [5.41, 5.74) is 3.46. The van der Waals surface area contributed by atoms with Gasteiger partial charge in [0.05, 0.1) is 18.5 Å². The maximum atomic E-state index is 9.39. The monoisotopic (exact) mass is 287 g/mol. The van der Waals surface area contributed by atoms with Crippen LogP contribution in [0.25, 0.3) is 5.65 Å². The molecule has 3 rings (SSSR count). The third-order valence-corrected chi connectivity index (χ3v) is 4.65. The van der Waals surface area contributed by atoms with Crippen LogP contribution in [0, 0.1) is 6.92 Å². The Morgan fingerprint density at radius 1 is 1.33 bits per heavy atom. The molecule has 4 nitrogen and oxygen atoms in total. The lowest BCUT2D eigenvalue weighted by Gasteiger charge is -2.33. The fourth-order valence-electron chi connectivity index (χ4n) is 3.49. The van der Waals surface area contributed by atoms with Gasteiger partial charge < -0.3 is 9.51 Å². The summed E-state index contributed by atoms with van der Waals surface area (Å²) in [6.07, 6.45) is 10.6. The van der Waals surface area contributed by atoms with Crippen LogP contribution >= 0.6 is 0 Å². The standard InChI is InChI=1S/C17H25N3O/c1-14-6-5-9-20-16(12-18-17(14)20)13-19(10-11-21)15-7-3-2-4-8-15/h5-6,9,12,15,21H,2-4,7-8,10-11,13H2,1H3. The Hall–Kier alpha value is -1.39. The van der Waals surface area contributed by atoms with E-state index in [2.05, 4.69) is 39.5 Å². The van der Waals surface area contributed by atoms with E-state index in [0.29, 0.717) is 6.04 Å². The summed E-state index contributed by atoms with van der Waals surface area (Å²) in [4.78, 5) is 6.99. The average Bonchev–Trinajstić information content (AvgIpc) is 2.92. The molecule has 1 fully saturated rings. The topological polar surface area (TPSA) is 40.8 Å². The number of rotatable bonds is 5. The lowest BCUT2D eigenvalue weighted by Crippen LogP contribution is -2.38. The van der Waals surface area contributed by atoms with Crippen molar-refractivity contribution in [1.82, 2.24) is 14.3 Å². The highest BCUT2D eigenvalue weighted by Gasteiger charge is 2.21. The Bertz CT molecular complexity index is 587. The summed E-state index contributed by atoms with van der Waals surface area (Å²) in [7, 11) is 0. The summed E-state index contributed by atoms with van der Waals surface area (Å²) in [5, 5.41) is 9.39. The van der Waals surface area contributed by atoms with E-state index >= 15 is 0 Å². The first-order valence-corrected chi connectivity index (χ1v) is 8.06. The molecule has 0 bridgehead atoms. The van der Waals surface area contributed by atoms with Crippen molar-refractivity contribution in [2.45, 2.75) is 51.6 Å². The van der Waals surface area contributed by atoms with Gasteiger partial charge in [-0.1, -0.05) is 25.3 Å². The maximum absolute atomic E-state index is 9.39. The van der Waals surface area contributed by atoms with Crippen LogP contribution in [0.15, 0.2) is 24.5 Å². The third kappa shape index (κ3) is 3.11. The van der Waals surface area contributed by atoms with Gasteiger partial charge in [-0.25, -0.2) is 4.98 Å². The number of imidazole rings is 1. The molecule has 0 saturated heterocycles. The predicted molar refractivity (Wildman–Crippen MR) is 84.3 cm³/mol. The van der Waals surface area contributed by atoms with Crippen LogP contribution in [0.3, 0.4) is 0 Å². The smallest absolute Gasteiger partial charge is 0.139 e. The Morgan fingerprint density at radius 2 is 2.14 bits per heavy atom. The van der Waals surface area contributed by atoms with E-state index in [9.17, 15) is 5.11 Å². The van der Waals surface area contributed by atoms with E-state index < -0.39 is 0 Å². The molecule has 0 unspecified atom stereocenters. The zero-order valence-electron chi connectivity index (χ0n) is 12.8. The minimum Gasteiger partial charge on any atom is -0.395 e. The van der Waals surface area contributed by atoms with Crippen molar-refractivity contribution in [2.75, 3.05) is 13.2 Å². The van der Waals surface area contributed by atoms with Gasteiger partial charge in [-0.2, -0.15) is 0 Å². The molecule has 2 heterocycles. The van der Waals surface area contributed by atoms with Crippen LogP contribution in [0.2, 0.25) is 0 Å². The molecule has 0 aliphatic heterocycles. The highest BCUT2D eigenvalue weighted by Crippen LogP contribution is 2.24. The molecule has 1 aliphatic rings. The SMILES string of the molecule is Cc1cccn2c(CN(CCO)C3CCCCC3)cnc12. The molecule has 1 saturated carbocycles. The number of aromatic nitrogens is 2. The minimum atomic E-state index is 0.228. The van der Waals surface area contributed by atoms with E-state index in [4.69, 9.17) is 0 Å². The Kier molecular flexibility index (Phi) is 4.56. The van der Waals surface area contributed by atoms with Crippen LogP contribution in [-0.2, 0) is 6.54 Å². The first-order valence-electron chi connectivity index (χ1n) is 8.06. The van der Waals surface area contributed by atoms with E-state index in [1.54, 1.807) is 0 Å². The molecular weight excluding hydrogens is 262 g/mol. The summed E-state index contributed by atoms with van der Waals surface area (Å²) >= 11 is 0. The largest absolute Gasteiger partial charge is 0.395 e. The highest BCUT2D eigenvalue weighted by molar-refractivity contribution is 5.48. The molecule has 0 radical (unpaired) electrons. The van der Waals surface area contributed by atoms with Gasteiger partial charge in [-0.05, 0) is 31.4 Å². The molecular formula is C17H25N3O. The predicted octanol–water partition coefficient (Wildman–Crippen LogP) is 2.77. The van der Waals surface area contributed by atoms with Crippen LogP contribution in [0.1, 0.15) is 43.4 Å². The maximum Gasteiger partial charge on any atom is 0.139 e. The van der Waals surface area contributed by atoms with Gasteiger partial charge in [0.2, 0.25) is 0 Å². The first-order chi connectivity index (χ1) is 10.3. The van der Waals surface area contributed by atoms with Crippen LogP contribution in [0.5, 0.6) is 0 Å². The third-order valence-electron chi connectivity index (χ3n) is 4.65. The second-order valence-corrected chi connectivity index (χ2v) is 6.12. The molecule has 114 valence electrons. The number of nitrogens with zero attached hydrogens (tertiary/aromatic N) is 3. The molecule has 0 atom stereocenters. The number of aliphatic hydroxyl groups is 1. The summed E-state index contributed by atoms with van der Waals surface area (Å²) < 4.78 is 2.18. The average molecular weight is 287 g/mol. The molecule has 2 aromatic heterocycles. The lowest BCUT2D eigenvalue weighted by atomic mass is 9.94. The fraction of sp³-hybridized carbons (Fsp3) is 0.588. The van der Waals surface area contributed by atoms with Gasteiger partial charge in [-0.15, -0.1) is 0 Å². The summed E-state index contributed by atoms with van der Waals surface area (Å²) in [5.74, 6) is 0. The molecule has 2 aromatic rings. The normalized spacial score (nSPS) is 16.9. The Morgan fingerprint density at radius 3 is 2.90 bits per heavy atom. The molecule has 0 spiro atoms. The summed E-state index contributed by atoms with van der Waals surface area (Å²) in [6, 6.07) is 4.78. The van der Waals surface area contributed by atoms with Crippen molar-refractivity contribution < 1.29 is 5.11 Å². The van der Waals surface area contributed by atoms with E-state index in [1.807, 2.05) is 6.20 Å². The summed E-state index contributed by atoms with van der Waals surface area (Å²) in [6.45, 7) is 3.95. The fourth-order valence-corrected chi connectivity index (χ4v) is 3.49. The van der Waals surface area contributed by atoms with Gasteiger partial charge in [0.15, 0.2) is 0 Å². The quantitative estimate of drug-likeness (QED) is 0.919. The van der Waals surface area contributed by atoms with Gasteiger partial charge in [0.1, 0.15) is 5.65 Å². The van der Waals surface area contributed by atoms with Crippen LogP contribution < -0.4 is 0 Å². The zero-order valence-corrected chi connectivity index (χ0v) is 12.8. The van der Waals surface area contributed by atoms with Crippen molar-refractivity contribution >= 4 is 5.65 Å². The number of fused-ring (bicyclic) bond motifs is 1. The second kappa shape index (κ2) is 6.58. The van der Waals surface area contributed by atoms with Crippen LogP contribution in [-0.4, -0.2) is 38.6 Å². The minimum absolute atomic E-state index is 0.228. The number of aryl methyl sites for hydroxylation is 1. The Labute approximate surface area is 126 Å². The zero-order chi connectivity index (χ0) is 14.7. The number of aliphatic hydroxyl groups excluding tert-OH is 1. The lowest BCUT2D eigenvalue weighted by molar-refractivity contribution is 0.115. The number of pyridine rings is 1. The molecule has 0 aromatic carbocycles. The van der Waals surface area contributed by atoms with E-state index in [0.717, 1.165) is 18.7 Å². The van der Waals surface area contributed by atoms with Gasteiger partial charge in [0.25, 0.3) is 0 Å². The molecule has 1 N–H and O–H groups in total. The Balaban J connectivity index is 1.82. The van der Waals surface area contributed by atoms with Gasteiger partial charge in [-0.3, -0.25) is 4.90 Å². The van der Waals surface area contributed by atoms with Crippen molar-refractivity contribution in [3.05, 3.63) is 35.8 Å². The van der Waals surface area contributed by atoms with Crippen molar-refractivity contribution in [2.24, 2.45) is 0 Å². The van der Waals surface area contributed by atoms with Crippen molar-refractivity contribution in [1.29, 1.82) is 0 Å².